The van der Waals surface area contributed by atoms with Crippen LogP contribution in [0.3, 0.4) is 0 Å². The average Bonchev–Trinajstić information content (AvgIpc) is 3.05. The summed E-state index contributed by atoms with van der Waals surface area (Å²) < 4.78 is 11.4. The zero-order valence-electron chi connectivity index (χ0n) is 17.1. The van der Waals surface area contributed by atoms with E-state index in [-0.39, 0.29) is 5.70 Å². The van der Waals surface area contributed by atoms with Gasteiger partial charge < -0.3 is 14.8 Å². The standard InChI is InChI=1S/C24H19IN2O5/c1-31-22(28)13-27-23(29)20(26-24(27)30)12-15-7-9-21(19(25)11-15)32-14-16-6-8-17-4-2-3-5-18(17)10-16/h2-12H,13-14H2,1H3,(H,26,30)/b20-12+. The molecule has 1 aliphatic rings. The van der Waals surface area contributed by atoms with Crippen LogP contribution in [-0.2, 0) is 20.9 Å². The SMILES string of the molecule is COC(=O)CN1C(=O)N/C(=C/c2ccc(OCc3ccc4ccccc4c3)c(I)c2)C1=O. The molecule has 1 fully saturated rings. The summed E-state index contributed by atoms with van der Waals surface area (Å²) in [6, 6.07) is 19.2. The van der Waals surface area contributed by atoms with Crippen molar-refractivity contribution in [2.45, 2.75) is 6.61 Å². The molecule has 0 aliphatic carbocycles. The van der Waals surface area contributed by atoms with Crippen LogP contribution in [-0.4, -0.2) is 36.5 Å². The van der Waals surface area contributed by atoms with Gasteiger partial charge in [-0.15, -0.1) is 0 Å². The summed E-state index contributed by atoms with van der Waals surface area (Å²) in [6.45, 7) is -0.00407. The first-order chi connectivity index (χ1) is 15.4. The largest absolute Gasteiger partial charge is 0.488 e. The van der Waals surface area contributed by atoms with Crippen molar-refractivity contribution in [3.63, 3.8) is 0 Å². The molecule has 1 saturated heterocycles. The zero-order valence-corrected chi connectivity index (χ0v) is 19.3. The van der Waals surface area contributed by atoms with Gasteiger partial charge in [0.05, 0.1) is 10.7 Å². The number of nitrogens with zero attached hydrogens (tertiary/aromatic N) is 1. The van der Waals surface area contributed by atoms with E-state index in [1.165, 1.54) is 12.5 Å². The number of methoxy groups -OCH3 is 1. The summed E-state index contributed by atoms with van der Waals surface area (Å²) in [5, 5.41) is 4.83. The van der Waals surface area contributed by atoms with Crippen LogP contribution in [0.5, 0.6) is 5.75 Å². The maximum Gasteiger partial charge on any atom is 0.329 e. The van der Waals surface area contributed by atoms with E-state index in [1.807, 2.05) is 30.3 Å². The third kappa shape index (κ3) is 4.75. The second-order valence-corrected chi connectivity index (χ2v) is 8.28. The van der Waals surface area contributed by atoms with Gasteiger partial charge in [-0.1, -0.05) is 42.5 Å². The first-order valence-corrected chi connectivity index (χ1v) is 10.8. The molecule has 3 aromatic carbocycles. The highest BCUT2D eigenvalue weighted by atomic mass is 127. The number of carbonyl (C=O) groups excluding carboxylic acids is 3. The molecule has 7 nitrogen and oxygen atoms in total. The number of fused-ring (bicyclic) bond motifs is 1. The molecule has 8 heteroatoms. The van der Waals surface area contributed by atoms with Crippen LogP contribution in [0.4, 0.5) is 4.79 Å². The smallest absolute Gasteiger partial charge is 0.329 e. The van der Waals surface area contributed by atoms with Gasteiger partial charge in [0.15, 0.2) is 0 Å². The van der Waals surface area contributed by atoms with Gasteiger partial charge in [0, 0.05) is 0 Å². The molecule has 0 saturated carbocycles. The van der Waals surface area contributed by atoms with Crippen molar-refractivity contribution in [2.24, 2.45) is 0 Å². The van der Waals surface area contributed by atoms with Crippen molar-refractivity contribution in [1.82, 2.24) is 10.2 Å². The number of carbonyl (C=O) groups is 3. The fourth-order valence-corrected chi connectivity index (χ4v) is 3.98. The molecule has 1 heterocycles. The van der Waals surface area contributed by atoms with Crippen LogP contribution >= 0.6 is 22.6 Å². The predicted octanol–water partition coefficient (Wildman–Crippen LogP) is 4.09. The van der Waals surface area contributed by atoms with E-state index in [4.69, 9.17) is 4.74 Å². The minimum absolute atomic E-state index is 0.0968. The molecule has 0 aromatic heterocycles. The number of nitrogens with one attached hydrogen (secondary N) is 1. The summed E-state index contributed by atoms with van der Waals surface area (Å²) in [7, 11) is 1.20. The molecule has 3 aromatic rings. The van der Waals surface area contributed by atoms with Crippen LogP contribution in [0.2, 0.25) is 0 Å². The van der Waals surface area contributed by atoms with E-state index < -0.39 is 24.5 Å². The first kappa shape index (κ1) is 21.8. The number of benzene rings is 3. The zero-order chi connectivity index (χ0) is 22.7. The molecule has 0 bridgehead atoms. The van der Waals surface area contributed by atoms with Gasteiger partial charge in [0.25, 0.3) is 5.91 Å². The van der Waals surface area contributed by atoms with Crippen molar-refractivity contribution in [1.29, 1.82) is 0 Å². The maximum atomic E-state index is 12.4. The highest BCUT2D eigenvalue weighted by molar-refractivity contribution is 14.1. The number of rotatable bonds is 6. The first-order valence-electron chi connectivity index (χ1n) is 9.76. The van der Waals surface area contributed by atoms with Crippen LogP contribution in [0.1, 0.15) is 11.1 Å². The Labute approximate surface area is 198 Å². The lowest BCUT2D eigenvalue weighted by Crippen LogP contribution is -2.36. The Kier molecular flexibility index (Phi) is 6.40. The highest BCUT2D eigenvalue weighted by Gasteiger charge is 2.35. The van der Waals surface area contributed by atoms with Gasteiger partial charge in [0.2, 0.25) is 0 Å². The van der Waals surface area contributed by atoms with Gasteiger partial charge in [0.1, 0.15) is 24.6 Å². The van der Waals surface area contributed by atoms with E-state index in [2.05, 4.69) is 56.9 Å². The third-order valence-corrected chi connectivity index (χ3v) is 5.80. The van der Waals surface area contributed by atoms with Crippen LogP contribution in [0.15, 0.2) is 66.4 Å². The number of halogens is 1. The summed E-state index contributed by atoms with van der Waals surface area (Å²) >= 11 is 2.17. The summed E-state index contributed by atoms with van der Waals surface area (Å²) in [4.78, 5) is 36.6. The quantitative estimate of drug-likeness (QED) is 0.220. The lowest BCUT2D eigenvalue weighted by Gasteiger charge is -2.10. The van der Waals surface area contributed by atoms with Crippen LogP contribution < -0.4 is 10.1 Å². The fourth-order valence-electron chi connectivity index (χ4n) is 3.29. The number of imide groups is 1. The monoisotopic (exact) mass is 542 g/mol. The Morgan fingerprint density at radius 2 is 1.84 bits per heavy atom. The van der Waals surface area contributed by atoms with Gasteiger partial charge in [-0.3, -0.25) is 9.59 Å². The molecule has 0 radical (unpaired) electrons. The summed E-state index contributed by atoms with van der Waals surface area (Å²) in [6.07, 6.45) is 1.56. The number of amides is 3. The highest BCUT2D eigenvalue weighted by Crippen LogP contribution is 2.25. The molecular formula is C24H19IN2O5. The molecule has 0 spiro atoms. The van der Waals surface area contributed by atoms with Crippen LogP contribution in [0, 0.1) is 3.57 Å². The Morgan fingerprint density at radius 3 is 2.59 bits per heavy atom. The Bertz CT molecular complexity index is 1250. The van der Waals surface area contributed by atoms with E-state index in [0.717, 1.165) is 30.7 Å². The van der Waals surface area contributed by atoms with E-state index in [0.29, 0.717) is 6.61 Å². The van der Waals surface area contributed by atoms with Gasteiger partial charge in [-0.25, -0.2) is 9.69 Å². The number of ether oxygens (including phenoxy) is 2. The number of hydrogen-bond acceptors (Lipinski definition) is 5. The summed E-state index contributed by atoms with van der Waals surface area (Å²) in [5.41, 5.74) is 1.88. The minimum Gasteiger partial charge on any atom is -0.488 e. The third-order valence-electron chi connectivity index (χ3n) is 4.95. The molecule has 32 heavy (non-hydrogen) atoms. The van der Waals surface area contributed by atoms with Crippen molar-refractivity contribution in [3.05, 3.63) is 81.1 Å². The Morgan fingerprint density at radius 1 is 1.06 bits per heavy atom. The van der Waals surface area contributed by atoms with Gasteiger partial charge in [-0.2, -0.15) is 0 Å². The van der Waals surface area contributed by atoms with Crippen molar-refractivity contribution in [3.8, 4) is 5.75 Å². The van der Waals surface area contributed by atoms with E-state index in [1.54, 1.807) is 12.1 Å². The second-order valence-electron chi connectivity index (χ2n) is 7.12. The van der Waals surface area contributed by atoms with Crippen molar-refractivity contribution >= 4 is 57.3 Å². The van der Waals surface area contributed by atoms with Crippen molar-refractivity contribution < 1.29 is 23.9 Å². The molecule has 3 amide bonds. The Balaban J connectivity index is 1.45. The normalized spacial score (nSPS) is 14.7. The molecule has 0 atom stereocenters. The number of esters is 1. The lowest BCUT2D eigenvalue weighted by atomic mass is 10.1. The Hall–Kier alpha value is -3.40. The fraction of sp³-hybridized carbons (Fsp3) is 0.125. The molecule has 1 N–H and O–H groups in total. The van der Waals surface area contributed by atoms with Crippen molar-refractivity contribution in [2.75, 3.05) is 13.7 Å². The number of hydrogen-bond donors (Lipinski definition) is 1. The van der Waals surface area contributed by atoms with Gasteiger partial charge in [-0.05, 0) is 68.8 Å². The number of urea groups is 1. The summed E-state index contributed by atoms with van der Waals surface area (Å²) in [5.74, 6) is -0.528. The van der Waals surface area contributed by atoms with Gasteiger partial charge >= 0.3 is 12.0 Å². The second kappa shape index (κ2) is 9.39. The molecule has 162 valence electrons. The maximum absolute atomic E-state index is 12.4. The minimum atomic E-state index is -0.669. The van der Waals surface area contributed by atoms with E-state index >= 15 is 0 Å². The predicted molar refractivity (Wildman–Crippen MR) is 128 cm³/mol. The topological polar surface area (TPSA) is 84.9 Å². The average molecular weight is 542 g/mol. The lowest BCUT2D eigenvalue weighted by molar-refractivity contribution is -0.143. The molecule has 4 rings (SSSR count). The molecule has 0 unspecified atom stereocenters. The van der Waals surface area contributed by atoms with Crippen LogP contribution in [0.25, 0.3) is 16.8 Å². The molecular weight excluding hydrogens is 523 g/mol. The molecule has 1 aliphatic heterocycles. The van der Waals surface area contributed by atoms with E-state index in [9.17, 15) is 14.4 Å².